The zero-order valence-corrected chi connectivity index (χ0v) is 13.7. The maximum Gasteiger partial charge on any atom is 0.226 e. The van der Waals surface area contributed by atoms with Crippen LogP contribution < -0.4 is 10.6 Å². The Hall–Kier alpha value is -1.35. The smallest absolute Gasteiger partial charge is 0.226 e. The van der Waals surface area contributed by atoms with Crippen molar-refractivity contribution >= 4 is 5.91 Å². The SMILES string of the molecule is Cc1ccccc1[C@@H](C)NC(=O)C(C)(C)C1CCCNC1. The van der Waals surface area contributed by atoms with E-state index in [4.69, 9.17) is 0 Å². The van der Waals surface area contributed by atoms with Gasteiger partial charge < -0.3 is 10.6 Å². The van der Waals surface area contributed by atoms with Crippen LogP contribution in [0.4, 0.5) is 0 Å². The Bertz CT molecular complexity index is 490. The molecule has 2 atom stereocenters. The first-order valence-electron chi connectivity index (χ1n) is 8.00. The summed E-state index contributed by atoms with van der Waals surface area (Å²) in [5, 5.41) is 6.62. The number of carbonyl (C=O) groups excluding carboxylic acids is 1. The highest BCUT2D eigenvalue weighted by Gasteiger charge is 2.37. The predicted octanol–water partition coefficient (Wildman–Crippen LogP) is 3.20. The molecule has 0 saturated carbocycles. The van der Waals surface area contributed by atoms with Gasteiger partial charge >= 0.3 is 0 Å². The minimum atomic E-state index is -0.329. The van der Waals surface area contributed by atoms with Gasteiger partial charge in [0.05, 0.1) is 6.04 Å². The Morgan fingerprint density at radius 3 is 2.71 bits per heavy atom. The van der Waals surface area contributed by atoms with Gasteiger partial charge in [-0.25, -0.2) is 0 Å². The second kappa shape index (κ2) is 6.61. The van der Waals surface area contributed by atoms with E-state index in [1.165, 1.54) is 11.1 Å². The van der Waals surface area contributed by atoms with Crippen LogP contribution in [0.1, 0.15) is 50.8 Å². The second-order valence-electron chi connectivity index (χ2n) is 6.82. The first-order chi connectivity index (χ1) is 9.93. The zero-order valence-electron chi connectivity index (χ0n) is 13.7. The molecule has 0 aromatic heterocycles. The van der Waals surface area contributed by atoms with Crippen LogP contribution in [0.25, 0.3) is 0 Å². The van der Waals surface area contributed by atoms with Crippen molar-refractivity contribution in [2.24, 2.45) is 11.3 Å². The molecule has 1 aromatic rings. The fraction of sp³-hybridized carbons (Fsp3) is 0.611. The third-order valence-corrected chi connectivity index (χ3v) is 4.91. The van der Waals surface area contributed by atoms with Crippen molar-refractivity contribution < 1.29 is 4.79 Å². The van der Waals surface area contributed by atoms with Crippen molar-refractivity contribution in [2.75, 3.05) is 13.1 Å². The average molecular weight is 288 g/mol. The number of nitrogens with one attached hydrogen (secondary N) is 2. The van der Waals surface area contributed by atoms with Crippen LogP contribution >= 0.6 is 0 Å². The molecule has 1 amide bonds. The molecule has 2 N–H and O–H groups in total. The first kappa shape index (κ1) is 16.0. The van der Waals surface area contributed by atoms with E-state index in [0.717, 1.165) is 25.9 Å². The van der Waals surface area contributed by atoms with Crippen molar-refractivity contribution in [2.45, 2.75) is 46.6 Å². The molecule has 21 heavy (non-hydrogen) atoms. The minimum absolute atomic E-state index is 0.0505. The summed E-state index contributed by atoms with van der Waals surface area (Å²) in [4.78, 5) is 12.7. The highest BCUT2D eigenvalue weighted by atomic mass is 16.2. The van der Waals surface area contributed by atoms with Gasteiger partial charge in [-0.05, 0) is 56.8 Å². The molecule has 0 bridgehead atoms. The molecule has 1 fully saturated rings. The maximum atomic E-state index is 12.7. The lowest BCUT2D eigenvalue weighted by Crippen LogP contribution is -2.47. The third-order valence-electron chi connectivity index (χ3n) is 4.91. The molecule has 1 heterocycles. The lowest BCUT2D eigenvalue weighted by atomic mass is 9.74. The van der Waals surface area contributed by atoms with Gasteiger partial charge in [0.1, 0.15) is 0 Å². The van der Waals surface area contributed by atoms with E-state index in [2.05, 4.69) is 50.5 Å². The Kier molecular flexibility index (Phi) is 5.04. The molecule has 116 valence electrons. The predicted molar refractivity (Wildman–Crippen MR) is 87.1 cm³/mol. The molecule has 3 heteroatoms. The quantitative estimate of drug-likeness (QED) is 0.893. The van der Waals surface area contributed by atoms with Gasteiger partial charge in [-0.15, -0.1) is 0 Å². The molecule has 1 aliphatic heterocycles. The number of benzene rings is 1. The number of hydrogen-bond acceptors (Lipinski definition) is 2. The molecule has 0 aliphatic carbocycles. The standard InChI is InChI=1S/C18H28N2O/c1-13-8-5-6-10-16(13)14(2)20-17(21)18(3,4)15-9-7-11-19-12-15/h5-6,8,10,14-15,19H,7,9,11-12H2,1-4H3,(H,20,21)/t14-,15?/m1/s1. The molecule has 2 rings (SSSR count). The van der Waals surface area contributed by atoms with Gasteiger partial charge in [-0.1, -0.05) is 38.1 Å². The molecular weight excluding hydrogens is 260 g/mol. The second-order valence-corrected chi connectivity index (χ2v) is 6.82. The first-order valence-corrected chi connectivity index (χ1v) is 8.00. The number of carbonyl (C=O) groups is 1. The summed E-state index contributed by atoms with van der Waals surface area (Å²) in [5.41, 5.74) is 2.09. The van der Waals surface area contributed by atoms with E-state index < -0.39 is 0 Å². The largest absolute Gasteiger partial charge is 0.349 e. The number of piperidine rings is 1. The van der Waals surface area contributed by atoms with Crippen LogP contribution in [0, 0.1) is 18.3 Å². The number of amides is 1. The third kappa shape index (κ3) is 3.65. The summed E-state index contributed by atoms with van der Waals surface area (Å²) < 4.78 is 0. The van der Waals surface area contributed by atoms with Crippen LogP contribution in [-0.2, 0) is 4.79 Å². The van der Waals surface area contributed by atoms with Gasteiger partial charge in [0.15, 0.2) is 0 Å². The Morgan fingerprint density at radius 1 is 1.38 bits per heavy atom. The van der Waals surface area contributed by atoms with Crippen LogP contribution in [0.2, 0.25) is 0 Å². The van der Waals surface area contributed by atoms with Crippen molar-refractivity contribution in [1.82, 2.24) is 10.6 Å². The van der Waals surface area contributed by atoms with E-state index in [1.807, 2.05) is 12.1 Å². The fourth-order valence-corrected chi connectivity index (χ4v) is 3.19. The lowest BCUT2D eigenvalue weighted by Gasteiger charge is -2.37. The Balaban J connectivity index is 2.04. The van der Waals surface area contributed by atoms with Crippen molar-refractivity contribution in [3.05, 3.63) is 35.4 Å². The van der Waals surface area contributed by atoms with Gasteiger partial charge in [0.25, 0.3) is 0 Å². The molecule has 1 aromatic carbocycles. The fourth-order valence-electron chi connectivity index (χ4n) is 3.19. The molecule has 0 spiro atoms. The number of rotatable bonds is 4. The summed E-state index contributed by atoms with van der Waals surface area (Å²) in [5.74, 6) is 0.572. The van der Waals surface area contributed by atoms with Gasteiger partial charge in [-0.3, -0.25) is 4.79 Å². The topological polar surface area (TPSA) is 41.1 Å². The van der Waals surface area contributed by atoms with Crippen LogP contribution in [-0.4, -0.2) is 19.0 Å². The lowest BCUT2D eigenvalue weighted by molar-refractivity contribution is -0.133. The van der Waals surface area contributed by atoms with E-state index in [0.29, 0.717) is 5.92 Å². The van der Waals surface area contributed by atoms with Crippen molar-refractivity contribution in [3.63, 3.8) is 0 Å². The van der Waals surface area contributed by atoms with E-state index in [9.17, 15) is 4.79 Å². The molecule has 1 unspecified atom stereocenters. The summed E-state index contributed by atoms with van der Waals surface area (Å²) in [6, 6.07) is 8.30. The van der Waals surface area contributed by atoms with E-state index >= 15 is 0 Å². The minimum Gasteiger partial charge on any atom is -0.349 e. The van der Waals surface area contributed by atoms with Crippen LogP contribution in [0.5, 0.6) is 0 Å². The zero-order chi connectivity index (χ0) is 15.5. The molecular formula is C18H28N2O. The van der Waals surface area contributed by atoms with E-state index in [-0.39, 0.29) is 17.4 Å². The average Bonchev–Trinajstić information content (AvgIpc) is 2.48. The van der Waals surface area contributed by atoms with Crippen molar-refractivity contribution in [1.29, 1.82) is 0 Å². The number of aryl methyl sites for hydroxylation is 1. The molecule has 3 nitrogen and oxygen atoms in total. The summed E-state index contributed by atoms with van der Waals surface area (Å²) in [6.45, 7) is 10.3. The highest BCUT2D eigenvalue weighted by molar-refractivity contribution is 5.82. The summed E-state index contributed by atoms with van der Waals surface area (Å²) >= 11 is 0. The van der Waals surface area contributed by atoms with Gasteiger partial charge in [0, 0.05) is 5.41 Å². The van der Waals surface area contributed by atoms with E-state index in [1.54, 1.807) is 0 Å². The summed E-state index contributed by atoms with van der Waals surface area (Å²) in [6.07, 6.45) is 2.29. The maximum absolute atomic E-state index is 12.7. The Morgan fingerprint density at radius 2 is 2.10 bits per heavy atom. The molecule has 1 aliphatic rings. The highest BCUT2D eigenvalue weighted by Crippen LogP contribution is 2.32. The molecule has 0 radical (unpaired) electrons. The molecule has 1 saturated heterocycles. The Labute approximate surface area is 128 Å². The summed E-state index contributed by atoms with van der Waals surface area (Å²) in [7, 11) is 0. The van der Waals surface area contributed by atoms with Gasteiger partial charge in [0.2, 0.25) is 5.91 Å². The monoisotopic (exact) mass is 288 g/mol. The van der Waals surface area contributed by atoms with Crippen molar-refractivity contribution in [3.8, 4) is 0 Å². The van der Waals surface area contributed by atoms with Gasteiger partial charge in [-0.2, -0.15) is 0 Å². The van der Waals surface area contributed by atoms with Crippen LogP contribution in [0.3, 0.4) is 0 Å². The normalized spacial score (nSPS) is 20.9. The number of hydrogen-bond donors (Lipinski definition) is 2. The van der Waals surface area contributed by atoms with Crippen LogP contribution in [0.15, 0.2) is 24.3 Å².